The molecule has 2 nitrogen and oxygen atoms in total. The van der Waals surface area contributed by atoms with Gasteiger partial charge in [0.05, 0.1) is 0 Å². The van der Waals surface area contributed by atoms with Gasteiger partial charge >= 0.3 is 0 Å². The molecule has 1 aliphatic rings. The quantitative estimate of drug-likeness (QED) is 0.821. The molecule has 1 fully saturated rings. The Bertz CT molecular complexity index is 137. The Balaban J connectivity index is 0. The minimum absolute atomic E-state index is 0. The zero-order chi connectivity index (χ0) is 10.6. The molecule has 4 heteroatoms. The summed E-state index contributed by atoms with van der Waals surface area (Å²) < 4.78 is 0. The van der Waals surface area contributed by atoms with Crippen LogP contribution in [0.25, 0.3) is 0 Å². The lowest BCUT2D eigenvalue weighted by Crippen LogP contribution is -2.54. The van der Waals surface area contributed by atoms with Gasteiger partial charge in [-0.3, -0.25) is 0 Å². The van der Waals surface area contributed by atoms with E-state index in [0.717, 1.165) is 24.9 Å². The second kappa shape index (κ2) is 9.52. The predicted octanol–water partition coefficient (Wildman–Crippen LogP) is 2.85. The summed E-state index contributed by atoms with van der Waals surface area (Å²) in [6.07, 6.45) is 2.59. The van der Waals surface area contributed by atoms with E-state index < -0.39 is 0 Å². The van der Waals surface area contributed by atoms with Crippen molar-refractivity contribution in [3.05, 3.63) is 0 Å². The van der Waals surface area contributed by atoms with Gasteiger partial charge in [0.25, 0.3) is 0 Å². The first-order valence-electron chi connectivity index (χ1n) is 6.04. The summed E-state index contributed by atoms with van der Waals surface area (Å²) >= 11 is 0. The third kappa shape index (κ3) is 7.72. The maximum Gasteiger partial charge on any atom is 0.0195 e. The number of hydrogen-bond acceptors (Lipinski definition) is 2. The van der Waals surface area contributed by atoms with Crippen molar-refractivity contribution in [3.63, 3.8) is 0 Å². The van der Waals surface area contributed by atoms with Gasteiger partial charge in [0.2, 0.25) is 0 Å². The van der Waals surface area contributed by atoms with Crippen LogP contribution in [0.1, 0.15) is 40.5 Å². The van der Waals surface area contributed by atoms with Gasteiger partial charge in [0.1, 0.15) is 0 Å². The molecule has 2 atom stereocenters. The second-order valence-corrected chi connectivity index (χ2v) is 5.47. The molecule has 1 rings (SSSR count). The molecule has 0 aromatic carbocycles. The first-order valence-corrected chi connectivity index (χ1v) is 6.04. The average molecular weight is 271 g/mol. The van der Waals surface area contributed by atoms with Crippen molar-refractivity contribution >= 4 is 24.8 Å². The number of piperazine rings is 1. The van der Waals surface area contributed by atoms with Crippen LogP contribution in [0, 0.1) is 11.8 Å². The second-order valence-electron chi connectivity index (χ2n) is 5.47. The number of rotatable bonds is 4. The molecule has 1 saturated heterocycles. The van der Waals surface area contributed by atoms with E-state index in [4.69, 9.17) is 0 Å². The van der Waals surface area contributed by atoms with Crippen LogP contribution in [0.3, 0.4) is 0 Å². The maximum atomic E-state index is 3.64. The van der Waals surface area contributed by atoms with Crippen molar-refractivity contribution < 1.29 is 0 Å². The average Bonchev–Trinajstić information content (AvgIpc) is 2.06. The molecule has 1 heterocycles. The summed E-state index contributed by atoms with van der Waals surface area (Å²) in [6.45, 7) is 11.5. The number of hydrogen-bond donors (Lipinski definition) is 2. The molecular formula is C12H28Cl2N2. The summed E-state index contributed by atoms with van der Waals surface area (Å²) in [4.78, 5) is 0. The zero-order valence-electron chi connectivity index (χ0n) is 11.0. The van der Waals surface area contributed by atoms with Crippen LogP contribution in [-0.4, -0.2) is 25.2 Å². The van der Waals surface area contributed by atoms with Gasteiger partial charge < -0.3 is 10.6 Å². The molecule has 2 N–H and O–H groups in total. The Morgan fingerprint density at radius 3 is 1.31 bits per heavy atom. The SMILES string of the molecule is CC(C)CC1CNC(CC(C)C)CN1.Cl.Cl. The molecule has 0 aliphatic carbocycles. The lowest BCUT2D eigenvalue weighted by Gasteiger charge is -2.33. The van der Waals surface area contributed by atoms with Gasteiger partial charge in [0.15, 0.2) is 0 Å². The first-order chi connectivity index (χ1) is 6.58. The van der Waals surface area contributed by atoms with Crippen molar-refractivity contribution in [3.8, 4) is 0 Å². The fraction of sp³-hybridized carbons (Fsp3) is 1.00. The fourth-order valence-electron chi connectivity index (χ4n) is 2.23. The summed E-state index contributed by atoms with van der Waals surface area (Å²) in [6, 6.07) is 1.39. The van der Waals surface area contributed by atoms with Gasteiger partial charge in [-0.25, -0.2) is 0 Å². The Kier molecular flexibility index (Phi) is 11.2. The molecule has 0 bridgehead atoms. The molecule has 0 saturated carbocycles. The Hall–Kier alpha value is 0.500. The predicted molar refractivity (Wildman–Crippen MR) is 77.0 cm³/mol. The Labute approximate surface area is 113 Å². The molecule has 0 amide bonds. The van der Waals surface area contributed by atoms with Crippen LogP contribution in [0.2, 0.25) is 0 Å². The van der Waals surface area contributed by atoms with Crippen LogP contribution < -0.4 is 10.6 Å². The molecule has 0 aromatic heterocycles. The highest BCUT2D eigenvalue weighted by Crippen LogP contribution is 2.10. The monoisotopic (exact) mass is 270 g/mol. The van der Waals surface area contributed by atoms with Crippen LogP contribution in [-0.2, 0) is 0 Å². The molecule has 16 heavy (non-hydrogen) atoms. The largest absolute Gasteiger partial charge is 0.311 e. The molecule has 1 aliphatic heterocycles. The summed E-state index contributed by atoms with van der Waals surface area (Å²) in [7, 11) is 0. The molecule has 0 spiro atoms. The Morgan fingerprint density at radius 1 is 0.812 bits per heavy atom. The minimum atomic E-state index is 0. The van der Waals surface area contributed by atoms with Gasteiger partial charge in [-0.15, -0.1) is 24.8 Å². The zero-order valence-corrected chi connectivity index (χ0v) is 12.6. The van der Waals surface area contributed by atoms with Crippen molar-refractivity contribution in [2.75, 3.05) is 13.1 Å². The third-order valence-corrected chi connectivity index (χ3v) is 2.82. The lowest BCUT2D eigenvalue weighted by atomic mass is 9.98. The van der Waals surface area contributed by atoms with E-state index in [0.29, 0.717) is 12.1 Å². The number of halogens is 2. The van der Waals surface area contributed by atoms with Crippen molar-refractivity contribution in [2.45, 2.75) is 52.6 Å². The van der Waals surface area contributed by atoms with E-state index in [1.54, 1.807) is 0 Å². The number of nitrogens with one attached hydrogen (secondary N) is 2. The van der Waals surface area contributed by atoms with E-state index in [1.807, 2.05) is 0 Å². The van der Waals surface area contributed by atoms with Gasteiger partial charge in [0, 0.05) is 25.2 Å². The normalized spacial score (nSPS) is 25.1. The van der Waals surface area contributed by atoms with E-state index in [9.17, 15) is 0 Å². The maximum absolute atomic E-state index is 3.64. The standard InChI is InChI=1S/C12H26N2.2ClH/c1-9(2)5-11-7-14-12(8-13-11)6-10(3)4;;/h9-14H,5-8H2,1-4H3;2*1H. The molecule has 0 aromatic rings. The highest BCUT2D eigenvalue weighted by Gasteiger charge is 2.20. The smallest absolute Gasteiger partial charge is 0.0195 e. The van der Waals surface area contributed by atoms with Crippen LogP contribution in [0.5, 0.6) is 0 Å². The van der Waals surface area contributed by atoms with Crippen LogP contribution in [0.15, 0.2) is 0 Å². The minimum Gasteiger partial charge on any atom is -0.311 e. The lowest BCUT2D eigenvalue weighted by molar-refractivity contribution is 0.287. The van der Waals surface area contributed by atoms with E-state index in [2.05, 4.69) is 38.3 Å². The van der Waals surface area contributed by atoms with Crippen molar-refractivity contribution in [2.24, 2.45) is 11.8 Å². The van der Waals surface area contributed by atoms with E-state index >= 15 is 0 Å². The van der Waals surface area contributed by atoms with E-state index in [-0.39, 0.29) is 24.8 Å². The highest BCUT2D eigenvalue weighted by molar-refractivity contribution is 5.85. The molecule has 0 radical (unpaired) electrons. The van der Waals surface area contributed by atoms with Crippen LogP contribution in [0.4, 0.5) is 0 Å². The van der Waals surface area contributed by atoms with E-state index in [1.165, 1.54) is 12.8 Å². The Morgan fingerprint density at radius 2 is 1.12 bits per heavy atom. The molecule has 100 valence electrons. The summed E-state index contributed by atoms with van der Waals surface area (Å²) in [5, 5.41) is 7.29. The first kappa shape index (κ1) is 18.9. The highest BCUT2D eigenvalue weighted by atomic mass is 35.5. The third-order valence-electron chi connectivity index (χ3n) is 2.82. The molecule has 2 unspecified atom stereocenters. The van der Waals surface area contributed by atoms with Gasteiger partial charge in [-0.2, -0.15) is 0 Å². The van der Waals surface area contributed by atoms with Gasteiger partial charge in [-0.1, -0.05) is 27.7 Å². The van der Waals surface area contributed by atoms with Gasteiger partial charge in [-0.05, 0) is 24.7 Å². The van der Waals surface area contributed by atoms with Crippen molar-refractivity contribution in [1.82, 2.24) is 10.6 Å². The summed E-state index contributed by atoms with van der Waals surface area (Å²) in [5.41, 5.74) is 0. The van der Waals surface area contributed by atoms with Crippen molar-refractivity contribution in [1.29, 1.82) is 0 Å². The summed E-state index contributed by atoms with van der Waals surface area (Å²) in [5.74, 6) is 1.60. The molecular weight excluding hydrogens is 243 g/mol. The van der Waals surface area contributed by atoms with Crippen LogP contribution >= 0.6 is 24.8 Å². The fourth-order valence-corrected chi connectivity index (χ4v) is 2.23. The topological polar surface area (TPSA) is 24.1 Å².